The summed E-state index contributed by atoms with van der Waals surface area (Å²) in [7, 11) is 0. The van der Waals surface area contributed by atoms with E-state index in [0.717, 1.165) is 72.4 Å². The summed E-state index contributed by atoms with van der Waals surface area (Å²) in [5, 5.41) is 20.6. The zero-order valence-corrected chi connectivity index (χ0v) is 19.5. The summed E-state index contributed by atoms with van der Waals surface area (Å²) in [5.74, 6) is 0.613. The quantitative estimate of drug-likeness (QED) is 0.560. The molecule has 0 radical (unpaired) electrons. The second kappa shape index (κ2) is 8.95. The van der Waals surface area contributed by atoms with E-state index in [9.17, 15) is 10.2 Å². The molecule has 4 nitrogen and oxygen atoms in total. The molecule has 1 heterocycles. The minimum absolute atomic E-state index is 0.301. The average molecular weight is 441 g/mol. The number of piperazine rings is 1. The standard InChI is InChI=1S/C29H32N2O2/c1-20(2)30-15-17-31(18-16-30)23-10-7-21(8-11-23)29-25-14-12-24(32)19-22(25)9-13-27(29)26-5-3-4-6-28(26)33/h3-8,10-12,14,19-20,32-33H,9,13,15-18H2,1-2H3. The third kappa shape index (κ3) is 4.23. The Morgan fingerprint density at radius 3 is 2.18 bits per heavy atom. The van der Waals surface area contributed by atoms with Crippen molar-refractivity contribution < 1.29 is 10.2 Å². The highest BCUT2D eigenvalue weighted by molar-refractivity contribution is 6.01. The maximum absolute atomic E-state index is 10.6. The van der Waals surface area contributed by atoms with Crippen LogP contribution < -0.4 is 4.90 Å². The number of benzene rings is 3. The average Bonchev–Trinajstić information content (AvgIpc) is 2.84. The van der Waals surface area contributed by atoms with E-state index < -0.39 is 0 Å². The van der Waals surface area contributed by atoms with Gasteiger partial charge in [0.2, 0.25) is 0 Å². The van der Waals surface area contributed by atoms with E-state index in [4.69, 9.17) is 0 Å². The van der Waals surface area contributed by atoms with Gasteiger partial charge in [-0.1, -0.05) is 36.4 Å². The molecule has 0 bridgehead atoms. The Balaban J connectivity index is 1.53. The van der Waals surface area contributed by atoms with Gasteiger partial charge in [0.05, 0.1) is 0 Å². The van der Waals surface area contributed by atoms with Gasteiger partial charge in [-0.2, -0.15) is 0 Å². The summed E-state index contributed by atoms with van der Waals surface area (Å²) >= 11 is 0. The number of nitrogens with zero attached hydrogens (tertiary/aromatic N) is 2. The van der Waals surface area contributed by atoms with Gasteiger partial charge in [-0.3, -0.25) is 4.90 Å². The lowest BCUT2D eigenvalue weighted by atomic mass is 9.79. The van der Waals surface area contributed by atoms with Crippen LogP contribution in [0, 0.1) is 0 Å². The summed E-state index contributed by atoms with van der Waals surface area (Å²) in [6, 6.07) is 22.7. The molecule has 0 saturated carbocycles. The summed E-state index contributed by atoms with van der Waals surface area (Å²) in [6.07, 6.45) is 1.66. The van der Waals surface area contributed by atoms with Gasteiger partial charge in [0.25, 0.3) is 0 Å². The molecule has 1 fully saturated rings. The van der Waals surface area contributed by atoms with Crippen molar-refractivity contribution >= 4 is 16.8 Å². The fourth-order valence-electron chi connectivity index (χ4n) is 5.24. The van der Waals surface area contributed by atoms with Crippen LogP contribution in [0.25, 0.3) is 11.1 Å². The molecule has 33 heavy (non-hydrogen) atoms. The van der Waals surface area contributed by atoms with Crippen LogP contribution in [-0.4, -0.2) is 47.3 Å². The van der Waals surface area contributed by atoms with E-state index in [1.165, 1.54) is 5.69 Å². The number of phenolic OH excluding ortho intramolecular Hbond substituents is 2. The molecule has 2 N–H and O–H groups in total. The SMILES string of the molecule is CC(C)N1CCN(c2ccc(C3=C(c4ccccc4O)CCc4cc(O)ccc43)cc2)CC1. The maximum atomic E-state index is 10.6. The van der Waals surface area contributed by atoms with Gasteiger partial charge in [0, 0.05) is 43.5 Å². The highest BCUT2D eigenvalue weighted by atomic mass is 16.3. The third-order valence-corrected chi connectivity index (χ3v) is 7.10. The predicted molar refractivity (Wildman–Crippen MR) is 136 cm³/mol. The summed E-state index contributed by atoms with van der Waals surface area (Å²) in [6.45, 7) is 8.82. The van der Waals surface area contributed by atoms with E-state index in [1.54, 1.807) is 12.1 Å². The zero-order valence-electron chi connectivity index (χ0n) is 19.5. The summed E-state index contributed by atoms with van der Waals surface area (Å²) < 4.78 is 0. The van der Waals surface area contributed by atoms with Crippen LogP contribution in [0.15, 0.2) is 66.7 Å². The van der Waals surface area contributed by atoms with Crippen molar-refractivity contribution in [1.29, 1.82) is 0 Å². The topological polar surface area (TPSA) is 46.9 Å². The molecule has 1 aliphatic carbocycles. The lowest BCUT2D eigenvalue weighted by molar-refractivity contribution is 0.209. The van der Waals surface area contributed by atoms with Crippen molar-refractivity contribution in [3.63, 3.8) is 0 Å². The number of aromatic hydroxyl groups is 2. The van der Waals surface area contributed by atoms with Gasteiger partial charge < -0.3 is 15.1 Å². The van der Waals surface area contributed by atoms with Gasteiger partial charge in [-0.25, -0.2) is 0 Å². The number of rotatable bonds is 4. The van der Waals surface area contributed by atoms with E-state index >= 15 is 0 Å². The molecule has 3 aromatic rings. The number of hydrogen-bond donors (Lipinski definition) is 2. The molecule has 0 unspecified atom stereocenters. The first-order valence-electron chi connectivity index (χ1n) is 11.9. The maximum Gasteiger partial charge on any atom is 0.123 e. The fourth-order valence-corrected chi connectivity index (χ4v) is 5.24. The minimum atomic E-state index is 0.301. The first-order chi connectivity index (χ1) is 16.0. The van der Waals surface area contributed by atoms with E-state index in [-0.39, 0.29) is 0 Å². The Labute approximate surface area is 196 Å². The van der Waals surface area contributed by atoms with Crippen LogP contribution >= 0.6 is 0 Å². The van der Waals surface area contributed by atoms with E-state index in [2.05, 4.69) is 47.9 Å². The van der Waals surface area contributed by atoms with Crippen LogP contribution in [-0.2, 0) is 6.42 Å². The second-order valence-corrected chi connectivity index (χ2v) is 9.38. The minimum Gasteiger partial charge on any atom is -0.508 e. The van der Waals surface area contributed by atoms with Crippen molar-refractivity contribution in [2.45, 2.75) is 32.7 Å². The number of fused-ring (bicyclic) bond motifs is 1. The normalized spacial score (nSPS) is 16.9. The molecule has 4 heteroatoms. The van der Waals surface area contributed by atoms with Gasteiger partial charge in [-0.05, 0) is 84.9 Å². The number of anilines is 1. The smallest absolute Gasteiger partial charge is 0.123 e. The monoisotopic (exact) mass is 440 g/mol. The van der Waals surface area contributed by atoms with Gasteiger partial charge in [0.1, 0.15) is 11.5 Å². The number of aryl methyl sites for hydroxylation is 1. The van der Waals surface area contributed by atoms with Crippen molar-refractivity contribution in [3.8, 4) is 11.5 Å². The first-order valence-corrected chi connectivity index (χ1v) is 11.9. The van der Waals surface area contributed by atoms with Gasteiger partial charge >= 0.3 is 0 Å². The summed E-state index contributed by atoms with van der Waals surface area (Å²) in [5.41, 5.74) is 7.88. The van der Waals surface area contributed by atoms with Crippen LogP contribution in [0.5, 0.6) is 11.5 Å². The Morgan fingerprint density at radius 2 is 1.48 bits per heavy atom. The highest BCUT2D eigenvalue weighted by Gasteiger charge is 2.24. The van der Waals surface area contributed by atoms with Gasteiger partial charge in [-0.15, -0.1) is 0 Å². The fraction of sp³-hybridized carbons (Fsp3) is 0.310. The molecule has 0 spiro atoms. The van der Waals surface area contributed by atoms with Crippen molar-refractivity contribution in [3.05, 3.63) is 89.0 Å². The number of allylic oxidation sites excluding steroid dienone is 1. The lowest BCUT2D eigenvalue weighted by Gasteiger charge is -2.38. The molecule has 5 rings (SSSR count). The molecule has 0 amide bonds. The number of para-hydroxylation sites is 1. The number of hydrogen-bond acceptors (Lipinski definition) is 4. The molecular formula is C29H32N2O2. The Bertz CT molecular complexity index is 1170. The number of phenols is 2. The highest BCUT2D eigenvalue weighted by Crippen LogP contribution is 2.43. The molecular weight excluding hydrogens is 408 g/mol. The van der Waals surface area contributed by atoms with Crippen LogP contribution in [0.3, 0.4) is 0 Å². The van der Waals surface area contributed by atoms with Crippen LogP contribution in [0.1, 0.15) is 42.5 Å². The van der Waals surface area contributed by atoms with Crippen molar-refractivity contribution in [2.24, 2.45) is 0 Å². The zero-order chi connectivity index (χ0) is 22.9. The lowest BCUT2D eigenvalue weighted by Crippen LogP contribution is -2.48. The molecule has 3 aromatic carbocycles. The van der Waals surface area contributed by atoms with Crippen LogP contribution in [0.4, 0.5) is 5.69 Å². The third-order valence-electron chi connectivity index (χ3n) is 7.10. The second-order valence-electron chi connectivity index (χ2n) is 9.38. The van der Waals surface area contributed by atoms with Crippen LogP contribution in [0.2, 0.25) is 0 Å². The molecule has 1 saturated heterocycles. The Hall–Kier alpha value is -3.24. The summed E-state index contributed by atoms with van der Waals surface area (Å²) in [4.78, 5) is 5.00. The Kier molecular flexibility index (Phi) is 5.86. The van der Waals surface area contributed by atoms with Gasteiger partial charge in [0.15, 0.2) is 0 Å². The molecule has 170 valence electrons. The largest absolute Gasteiger partial charge is 0.508 e. The van der Waals surface area contributed by atoms with Crippen molar-refractivity contribution in [1.82, 2.24) is 4.90 Å². The van der Waals surface area contributed by atoms with E-state index in [1.807, 2.05) is 30.3 Å². The van der Waals surface area contributed by atoms with E-state index in [0.29, 0.717) is 17.5 Å². The first kappa shape index (κ1) is 21.6. The van der Waals surface area contributed by atoms with Crippen molar-refractivity contribution in [2.75, 3.05) is 31.1 Å². The molecule has 1 aliphatic heterocycles. The predicted octanol–water partition coefficient (Wildman–Crippen LogP) is 5.53. The molecule has 0 atom stereocenters. The Morgan fingerprint density at radius 1 is 0.758 bits per heavy atom. The molecule has 0 aromatic heterocycles. The molecule has 2 aliphatic rings.